The highest BCUT2D eigenvalue weighted by Crippen LogP contribution is 2.22. The van der Waals surface area contributed by atoms with Crippen LogP contribution in [0.25, 0.3) is 0 Å². The molecule has 20 heavy (non-hydrogen) atoms. The van der Waals surface area contributed by atoms with E-state index in [1.165, 1.54) is 7.11 Å². The van der Waals surface area contributed by atoms with Crippen LogP contribution in [0.1, 0.15) is 13.8 Å². The standard InChI is InChI=1S/C14H22N2O3S/c1-12(2)15-7-9-16(10-8-15)20(17,18)14-6-4-5-13(11-14)19-3/h4-6,11-12H,7-10H2,1-3H3. The lowest BCUT2D eigenvalue weighted by Crippen LogP contribution is -2.50. The molecule has 0 spiro atoms. The zero-order valence-corrected chi connectivity index (χ0v) is 13.1. The summed E-state index contributed by atoms with van der Waals surface area (Å²) in [5, 5.41) is 0. The molecule has 1 aromatic carbocycles. The van der Waals surface area contributed by atoms with Gasteiger partial charge in [0.15, 0.2) is 0 Å². The van der Waals surface area contributed by atoms with Crippen LogP contribution in [0.4, 0.5) is 0 Å². The minimum atomic E-state index is -3.42. The molecular formula is C14H22N2O3S. The molecule has 0 aliphatic carbocycles. The van der Waals surface area contributed by atoms with Gasteiger partial charge in [0.25, 0.3) is 0 Å². The zero-order valence-electron chi connectivity index (χ0n) is 12.2. The van der Waals surface area contributed by atoms with Crippen LogP contribution in [0.3, 0.4) is 0 Å². The summed E-state index contributed by atoms with van der Waals surface area (Å²) in [4.78, 5) is 2.59. The topological polar surface area (TPSA) is 49.9 Å². The molecule has 1 aliphatic rings. The summed E-state index contributed by atoms with van der Waals surface area (Å²) in [5.74, 6) is 0.562. The normalized spacial score (nSPS) is 18.4. The molecule has 112 valence electrons. The van der Waals surface area contributed by atoms with Gasteiger partial charge in [-0.1, -0.05) is 6.07 Å². The van der Waals surface area contributed by atoms with Crippen molar-refractivity contribution in [3.8, 4) is 5.75 Å². The van der Waals surface area contributed by atoms with E-state index >= 15 is 0 Å². The molecule has 0 unspecified atom stereocenters. The third kappa shape index (κ3) is 3.13. The number of nitrogens with zero attached hydrogens (tertiary/aromatic N) is 2. The van der Waals surface area contributed by atoms with E-state index in [0.29, 0.717) is 29.8 Å². The Morgan fingerprint density at radius 2 is 1.80 bits per heavy atom. The van der Waals surface area contributed by atoms with Gasteiger partial charge >= 0.3 is 0 Å². The van der Waals surface area contributed by atoms with Gasteiger partial charge in [0, 0.05) is 38.3 Å². The molecule has 0 bridgehead atoms. The largest absolute Gasteiger partial charge is 0.497 e. The highest BCUT2D eigenvalue weighted by atomic mass is 32.2. The van der Waals surface area contributed by atoms with Crippen LogP contribution >= 0.6 is 0 Å². The van der Waals surface area contributed by atoms with Gasteiger partial charge in [-0.15, -0.1) is 0 Å². The second-order valence-electron chi connectivity index (χ2n) is 5.21. The molecular weight excluding hydrogens is 276 g/mol. The maximum Gasteiger partial charge on any atom is 0.243 e. The first-order valence-corrected chi connectivity index (χ1v) is 8.27. The molecule has 0 atom stereocenters. The van der Waals surface area contributed by atoms with Crippen molar-refractivity contribution in [2.75, 3.05) is 33.3 Å². The number of hydrogen-bond donors (Lipinski definition) is 0. The monoisotopic (exact) mass is 298 g/mol. The van der Waals surface area contributed by atoms with E-state index in [9.17, 15) is 8.42 Å². The molecule has 1 saturated heterocycles. The maximum atomic E-state index is 12.6. The summed E-state index contributed by atoms with van der Waals surface area (Å²) in [5.41, 5.74) is 0. The van der Waals surface area contributed by atoms with Crippen LogP contribution in [0.2, 0.25) is 0 Å². The molecule has 1 aromatic rings. The maximum absolute atomic E-state index is 12.6. The summed E-state index contributed by atoms with van der Waals surface area (Å²) < 4.78 is 31.8. The highest BCUT2D eigenvalue weighted by Gasteiger charge is 2.29. The summed E-state index contributed by atoms with van der Waals surface area (Å²) in [6.45, 7) is 6.90. The lowest BCUT2D eigenvalue weighted by molar-refractivity contribution is 0.154. The molecule has 6 heteroatoms. The first-order chi connectivity index (χ1) is 9.45. The average molecular weight is 298 g/mol. The lowest BCUT2D eigenvalue weighted by Gasteiger charge is -2.36. The Bertz CT molecular complexity index is 549. The second-order valence-corrected chi connectivity index (χ2v) is 7.15. The van der Waals surface area contributed by atoms with Crippen molar-refractivity contribution in [3.05, 3.63) is 24.3 Å². The quantitative estimate of drug-likeness (QED) is 0.843. The first-order valence-electron chi connectivity index (χ1n) is 6.83. The molecule has 1 aliphatic heterocycles. The Labute approximate surface area is 121 Å². The number of rotatable bonds is 4. The van der Waals surface area contributed by atoms with Crippen LogP contribution in [-0.2, 0) is 10.0 Å². The van der Waals surface area contributed by atoms with Gasteiger partial charge in [0.05, 0.1) is 12.0 Å². The van der Waals surface area contributed by atoms with E-state index < -0.39 is 10.0 Å². The molecule has 5 nitrogen and oxygen atoms in total. The van der Waals surface area contributed by atoms with Crippen molar-refractivity contribution in [3.63, 3.8) is 0 Å². The lowest BCUT2D eigenvalue weighted by atomic mass is 10.3. The Morgan fingerprint density at radius 1 is 1.15 bits per heavy atom. The van der Waals surface area contributed by atoms with E-state index in [4.69, 9.17) is 4.74 Å². The van der Waals surface area contributed by atoms with Crippen LogP contribution < -0.4 is 4.74 Å². The van der Waals surface area contributed by atoms with Crippen molar-refractivity contribution < 1.29 is 13.2 Å². The number of ether oxygens (including phenoxy) is 1. The molecule has 1 heterocycles. The van der Waals surface area contributed by atoms with Crippen LogP contribution in [0, 0.1) is 0 Å². The molecule has 1 fully saturated rings. The molecule has 2 rings (SSSR count). The van der Waals surface area contributed by atoms with Crippen molar-refractivity contribution in [1.82, 2.24) is 9.21 Å². The third-order valence-electron chi connectivity index (χ3n) is 3.68. The predicted molar refractivity (Wildman–Crippen MR) is 78.5 cm³/mol. The first kappa shape index (κ1) is 15.3. The van der Waals surface area contributed by atoms with Crippen molar-refractivity contribution in [2.45, 2.75) is 24.8 Å². The van der Waals surface area contributed by atoms with Gasteiger partial charge in [0.2, 0.25) is 10.0 Å². The Hall–Kier alpha value is -1.11. The molecule has 0 saturated carbocycles. The summed E-state index contributed by atoms with van der Waals surface area (Å²) in [6.07, 6.45) is 0. The third-order valence-corrected chi connectivity index (χ3v) is 5.58. The van der Waals surface area contributed by atoms with Crippen LogP contribution in [0.5, 0.6) is 5.75 Å². The predicted octanol–water partition coefficient (Wildman–Crippen LogP) is 1.41. The van der Waals surface area contributed by atoms with Gasteiger partial charge in [0.1, 0.15) is 5.75 Å². The molecule has 0 aromatic heterocycles. The molecule has 0 amide bonds. The zero-order chi connectivity index (χ0) is 14.8. The van der Waals surface area contributed by atoms with Gasteiger partial charge < -0.3 is 4.74 Å². The van der Waals surface area contributed by atoms with E-state index in [0.717, 1.165) is 13.1 Å². The fourth-order valence-electron chi connectivity index (χ4n) is 2.37. The molecule has 0 N–H and O–H groups in total. The number of sulfonamides is 1. The Balaban J connectivity index is 2.15. The number of hydrogen-bond acceptors (Lipinski definition) is 4. The Kier molecular flexibility index (Phi) is 4.67. The van der Waals surface area contributed by atoms with E-state index in [-0.39, 0.29) is 0 Å². The van der Waals surface area contributed by atoms with Crippen molar-refractivity contribution >= 4 is 10.0 Å². The smallest absolute Gasteiger partial charge is 0.243 e. The average Bonchev–Trinajstić information content (AvgIpc) is 2.47. The van der Waals surface area contributed by atoms with Gasteiger partial charge in [-0.05, 0) is 26.0 Å². The van der Waals surface area contributed by atoms with Gasteiger partial charge in [-0.3, -0.25) is 4.90 Å². The van der Waals surface area contributed by atoms with Crippen LogP contribution in [-0.4, -0.2) is 57.0 Å². The minimum absolute atomic E-state index is 0.301. The summed E-state index contributed by atoms with van der Waals surface area (Å²) in [7, 11) is -1.88. The van der Waals surface area contributed by atoms with E-state index in [2.05, 4.69) is 18.7 Å². The van der Waals surface area contributed by atoms with Crippen molar-refractivity contribution in [1.29, 1.82) is 0 Å². The Morgan fingerprint density at radius 3 is 2.35 bits per heavy atom. The molecule has 0 radical (unpaired) electrons. The van der Waals surface area contributed by atoms with Gasteiger partial charge in [-0.25, -0.2) is 8.42 Å². The van der Waals surface area contributed by atoms with E-state index in [1.807, 2.05) is 0 Å². The fourth-order valence-corrected chi connectivity index (χ4v) is 3.83. The number of methoxy groups -OCH3 is 1. The van der Waals surface area contributed by atoms with Crippen LogP contribution in [0.15, 0.2) is 29.2 Å². The summed E-state index contributed by atoms with van der Waals surface area (Å²) >= 11 is 0. The fraction of sp³-hybridized carbons (Fsp3) is 0.571. The number of benzene rings is 1. The SMILES string of the molecule is COc1cccc(S(=O)(=O)N2CCN(C(C)C)CC2)c1. The van der Waals surface area contributed by atoms with Crippen molar-refractivity contribution in [2.24, 2.45) is 0 Å². The highest BCUT2D eigenvalue weighted by molar-refractivity contribution is 7.89. The summed E-state index contributed by atoms with van der Waals surface area (Å²) in [6, 6.07) is 7.10. The number of piperazine rings is 1. The minimum Gasteiger partial charge on any atom is -0.497 e. The van der Waals surface area contributed by atoms with Gasteiger partial charge in [-0.2, -0.15) is 4.31 Å². The second kappa shape index (κ2) is 6.11. The van der Waals surface area contributed by atoms with E-state index in [1.54, 1.807) is 28.6 Å².